The highest BCUT2D eigenvalue weighted by Crippen LogP contribution is 2.47. The zero-order valence-corrected chi connectivity index (χ0v) is 23.7. The van der Waals surface area contributed by atoms with Crippen molar-refractivity contribution in [1.82, 2.24) is 29.9 Å². The number of pyridine rings is 1. The molecule has 5 aromatic rings. The second kappa shape index (κ2) is 11.4. The maximum absolute atomic E-state index is 15.8. The number of aromatic nitrogens is 5. The molecule has 0 aliphatic carbocycles. The average Bonchev–Trinajstić information content (AvgIpc) is 3.64. The quantitative estimate of drug-likeness (QED) is 0.174. The zero-order chi connectivity index (χ0) is 29.4. The van der Waals surface area contributed by atoms with Gasteiger partial charge in [-0.15, -0.1) is 11.3 Å². The highest BCUT2D eigenvalue weighted by molar-refractivity contribution is 7.18. The first-order chi connectivity index (χ1) is 20.4. The van der Waals surface area contributed by atoms with Crippen molar-refractivity contribution in [2.75, 3.05) is 20.3 Å². The minimum atomic E-state index is -0.793. The summed E-state index contributed by atoms with van der Waals surface area (Å²) in [5.74, 6) is -1.70. The van der Waals surface area contributed by atoms with E-state index in [0.29, 0.717) is 35.7 Å². The van der Waals surface area contributed by atoms with Crippen molar-refractivity contribution in [3.63, 3.8) is 0 Å². The minimum Gasteiger partial charge on any atom is -0.490 e. The summed E-state index contributed by atoms with van der Waals surface area (Å²) in [5.41, 5.74) is 3.49. The Kier molecular flexibility index (Phi) is 7.48. The summed E-state index contributed by atoms with van der Waals surface area (Å²) in [6.45, 7) is 6.68. The first-order valence-corrected chi connectivity index (χ1v) is 14.1. The molecule has 42 heavy (non-hydrogen) atoms. The highest BCUT2D eigenvalue weighted by Gasteiger charge is 2.30. The fourth-order valence-corrected chi connectivity index (χ4v) is 6.13. The lowest BCUT2D eigenvalue weighted by molar-refractivity contribution is -0.129. The minimum absolute atomic E-state index is 0.0287. The van der Waals surface area contributed by atoms with Gasteiger partial charge in [0.2, 0.25) is 5.91 Å². The summed E-state index contributed by atoms with van der Waals surface area (Å²) in [7, 11) is 1.52. The number of fused-ring (bicyclic) bond motifs is 2. The predicted molar refractivity (Wildman–Crippen MR) is 155 cm³/mol. The number of carbonyl (C=O) groups is 1. The summed E-state index contributed by atoms with van der Waals surface area (Å²) in [6, 6.07) is 7.44. The number of carbonyl (C=O) groups excluding carboxylic acids is 1. The molecule has 0 radical (unpaired) electrons. The van der Waals surface area contributed by atoms with Crippen LogP contribution >= 0.6 is 11.3 Å². The van der Waals surface area contributed by atoms with E-state index in [1.807, 2.05) is 29.1 Å². The maximum atomic E-state index is 15.8. The van der Waals surface area contributed by atoms with Crippen molar-refractivity contribution in [3.8, 4) is 39.5 Å². The molecule has 1 amide bonds. The summed E-state index contributed by atoms with van der Waals surface area (Å²) in [5, 5.41) is 15.4. The van der Waals surface area contributed by atoms with Crippen molar-refractivity contribution in [2.45, 2.75) is 26.1 Å². The van der Waals surface area contributed by atoms with E-state index in [1.54, 1.807) is 23.4 Å². The van der Waals surface area contributed by atoms with Crippen LogP contribution in [0.1, 0.15) is 12.6 Å². The molecule has 1 aromatic carbocycles. The highest BCUT2D eigenvalue weighted by atomic mass is 32.1. The number of ether oxygens (including phenoxy) is 2. The number of amides is 1. The lowest BCUT2D eigenvalue weighted by atomic mass is 9.97. The van der Waals surface area contributed by atoms with Crippen LogP contribution in [0, 0.1) is 11.6 Å². The van der Waals surface area contributed by atoms with E-state index >= 15 is 4.39 Å². The number of hydrogen-bond donors (Lipinski definition) is 0. The predicted octanol–water partition coefficient (Wildman–Crippen LogP) is 5.50. The lowest BCUT2D eigenvalue weighted by Crippen LogP contribution is -2.44. The fourth-order valence-electron chi connectivity index (χ4n) is 5.18. The number of nitrogens with zero attached hydrogens (tertiary/aromatic N) is 6. The van der Waals surface area contributed by atoms with Crippen molar-refractivity contribution in [1.29, 1.82) is 0 Å². The van der Waals surface area contributed by atoms with Crippen LogP contribution < -0.4 is 4.74 Å². The van der Waals surface area contributed by atoms with Gasteiger partial charge in [0.05, 0.1) is 49.0 Å². The molecule has 6 rings (SSSR count). The van der Waals surface area contributed by atoms with Gasteiger partial charge in [-0.25, -0.2) is 13.8 Å². The maximum Gasteiger partial charge on any atom is 0.246 e. The van der Waals surface area contributed by atoms with Crippen LogP contribution in [0.15, 0.2) is 60.8 Å². The van der Waals surface area contributed by atoms with Crippen LogP contribution in [0.5, 0.6) is 5.75 Å². The standard InChI is InChI=1S/C30H26F2N6O3S/c1-4-25(39)37-16-20-13-23(36-38(20)15-17(37)2)29-27(26-22(32)11-19(31)12-24(26)41-9-8-40-3)30-21(6-10-42-30)28(35-29)18-5-7-33-34-14-18/h4-7,10-14,17H,1,8-9,15-16H2,2-3H3. The Bertz CT molecular complexity index is 1810. The molecule has 0 saturated carbocycles. The number of hydrogen-bond acceptors (Lipinski definition) is 8. The topological polar surface area (TPSA) is 95.3 Å². The van der Waals surface area contributed by atoms with Gasteiger partial charge in [-0.1, -0.05) is 6.58 Å². The van der Waals surface area contributed by atoms with Crippen LogP contribution in [-0.2, 0) is 22.6 Å². The normalized spacial score (nSPS) is 14.7. The van der Waals surface area contributed by atoms with Crippen molar-refractivity contribution < 1.29 is 23.0 Å². The van der Waals surface area contributed by atoms with Gasteiger partial charge in [-0.2, -0.15) is 15.3 Å². The lowest BCUT2D eigenvalue weighted by Gasteiger charge is -2.33. The van der Waals surface area contributed by atoms with Crippen molar-refractivity contribution in [3.05, 3.63) is 78.1 Å². The molecular formula is C30H26F2N6O3S. The molecule has 0 saturated heterocycles. The fraction of sp³-hybridized carbons (Fsp3) is 0.233. The second-order valence-electron chi connectivity index (χ2n) is 9.80. The van der Waals surface area contributed by atoms with E-state index in [9.17, 15) is 9.18 Å². The molecule has 0 fully saturated rings. The van der Waals surface area contributed by atoms with E-state index < -0.39 is 11.6 Å². The molecule has 1 aliphatic rings. The summed E-state index contributed by atoms with van der Waals surface area (Å²) in [4.78, 5) is 19.3. The Morgan fingerprint density at radius 3 is 2.79 bits per heavy atom. The van der Waals surface area contributed by atoms with Gasteiger partial charge < -0.3 is 14.4 Å². The van der Waals surface area contributed by atoms with Crippen molar-refractivity contribution in [2.24, 2.45) is 0 Å². The molecule has 1 atom stereocenters. The Hall–Kier alpha value is -4.55. The van der Waals surface area contributed by atoms with Gasteiger partial charge in [-0.05, 0) is 36.6 Å². The largest absolute Gasteiger partial charge is 0.490 e. The number of rotatable bonds is 8. The van der Waals surface area contributed by atoms with Crippen LogP contribution in [0.3, 0.4) is 0 Å². The molecule has 0 spiro atoms. The molecule has 9 nitrogen and oxygen atoms in total. The monoisotopic (exact) mass is 588 g/mol. The molecule has 1 aliphatic heterocycles. The first kappa shape index (κ1) is 27.6. The van der Waals surface area contributed by atoms with Gasteiger partial charge >= 0.3 is 0 Å². The zero-order valence-electron chi connectivity index (χ0n) is 22.9. The van der Waals surface area contributed by atoms with Gasteiger partial charge in [0.1, 0.15) is 35.4 Å². The summed E-state index contributed by atoms with van der Waals surface area (Å²) >= 11 is 1.40. The first-order valence-electron chi connectivity index (χ1n) is 13.2. The van der Waals surface area contributed by atoms with Gasteiger partial charge in [0, 0.05) is 46.5 Å². The van der Waals surface area contributed by atoms with Gasteiger partial charge in [0.15, 0.2) is 0 Å². The van der Waals surface area contributed by atoms with E-state index in [1.165, 1.54) is 24.5 Å². The molecule has 12 heteroatoms. The van der Waals surface area contributed by atoms with E-state index in [4.69, 9.17) is 19.6 Å². The van der Waals surface area contributed by atoms with Crippen LogP contribution in [0.4, 0.5) is 8.78 Å². The molecule has 0 bridgehead atoms. The second-order valence-corrected chi connectivity index (χ2v) is 10.7. The molecule has 214 valence electrons. The van der Waals surface area contributed by atoms with Crippen LogP contribution in [0.2, 0.25) is 0 Å². The Morgan fingerprint density at radius 1 is 1.17 bits per heavy atom. The smallest absolute Gasteiger partial charge is 0.246 e. The molecule has 4 aromatic heterocycles. The Morgan fingerprint density at radius 2 is 2.02 bits per heavy atom. The van der Waals surface area contributed by atoms with Crippen molar-refractivity contribution >= 4 is 27.3 Å². The Balaban J connectivity index is 1.62. The van der Waals surface area contributed by atoms with Crippen LogP contribution in [-0.4, -0.2) is 62.1 Å². The summed E-state index contributed by atoms with van der Waals surface area (Å²) < 4.78 is 43.8. The molecule has 0 N–H and O–H groups in total. The third-order valence-corrected chi connectivity index (χ3v) is 8.08. The van der Waals surface area contributed by atoms with Gasteiger partial charge in [-0.3, -0.25) is 9.48 Å². The third-order valence-electron chi connectivity index (χ3n) is 7.14. The third kappa shape index (κ3) is 4.92. The molecular weight excluding hydrogens is 562 g/mol. The molecule has 5 heterocycles. The summed E-state index contributed by atoms with van der Waals surface area (Å²) in [6.07, 6.45) is 4.48. The molecule has 1 unspecified atom stereocenters. The Labute approximate surface area is 244 Å². The number of halogens is 2. The van der Waals surface area contributed by atoms with Gasteiger partial charge in [0.25, 0.3) is 0 Å². The van der Waals surface area contributed by atoms with Crippen LogP contribution in [0.25, 0.3) is 43.9 Å². The number of benzene rings is 1. The average molecular weight is 589 g/mol. The van der Waals surface area contributed by atoms with E-state index in [2.05, 4.69) is 16.8 Å². The van der Waals surface area contributed by atoms with E-state index in [-0.39, 0.29) is 36.5 Å². The van der Waals surface area contributed by atoms with E-state index in [0.717, 1.165) is 33.5 Å². The number of thiophene rings is 1. The number of methoxy groups -OCH3 is 1. The SMILES string of the molecule is C=CC(=O)N1Cc2cc(-c3nc(-c4ccnnc4)c4ccsc4c3-c3c(F)cc(F)cc3OCCOC)nn2CC1C.